The smallest absolute Gasteiger partial charge is 0.251 e. The highest BCUT2D eigenvalue weighted by Crippen LogP contribution is 2.09. The lowest BCUT2D eigenvalue weighted by Gasteiger charge is -2.21. The van der Waals surface area contributed by atoms with Gasteiger partial charge in [-0.05, 0) is 19.4 Å². The van der Waals surface area contributed by atoms with E-state index in [9.17, 15) is 13.6 Å². The number of alkyl halides is 2. The highest BCUT2D eigenvalue weighted by atomic mass is 19.3. The van der Waals surface area contributed by atoms with Crippen molar-refractivity contribution in [3.63, 3.8) is 0 Å². The molecule has 0 spiro atoms. The number of hydrogen-bond donors (Lipinski definition) is 0. The average molecular weight is 234 g/mol. The van der Waals surface area contributed by atoms with Crippen molar-refractivity contribution < 1.29 is 13.6 Å². The van der Waals surface area contributed by atoms with E-state index in [1.54, 1.807) is 4.90 Å². The van der Waals surface area contributed by atoms with E-state index in [0.29, 0.717) is 19.5 Å². The van der Waals surface area contributed by atoms with Gasteiger partial charge in [0, 0.05) is 26.1 Å². The van der Waals surface area contributed by atoms with Gasteiger partial charge in [0.1, 0.15) is 0 Å². The van der Waals surface area contributed by atoms with Crippen LogP contribution in [-0.2, 0) is 4.79 Å². The molecule has 0 N–H and O–H groups in total. The first-order chi connectivity index (χ1) is 7.63. The van der Waals surface area contributed by atoms with E-state index in [1.165, 1.54) is 0 Å². The van der Waals surface area contributed by atoms with Gasteiger partial charge in [0.2, 0.25) is 5.91 Å². The standard InChI is InChI=1S/C11H20F2N2O/c1-2-14(9-10(12)13)8-5-11(16)15-6-3-4-7-15/h10H,2-9H2,1H3. The lowest BCUT2D eigenvalue weighted by molar-refractivity contribution is -0.130. The van der Waals surface area contributed by atoms with E-state index in [4.69, 9.17) is 0 Å². The van der Waals surface area contributed by atoms with Crippen LogP contribution >= 0.6 is 0 Å². The van der Waals surface area contributed by atoms with Crippen LogP contribution in [-0.4, -0.2) is 54.9 Å². The number of carbonyl (C=O) groups is 1. The summed E-state index contributed by atoms with van der Waals surface area (Å²) < 4.78 is 24.3. The number of hydrogen-bond acceptors (Lipinski definition) is 2. The van der Waals surface area contributed by atoms with E-state index < -0.39 is 6.43 Å². The summed E-state index contributed by atoms with van der Waals surface area (Å²) in [4.78, 5) is 15.1. The molecule has 1 fully saturated rings. The van der Waals surface area contributed by atoms with E-state index in [2.05, 4.69) is 0 Å². The third-order valence-electron chi connectivity index (χ3n) is 2.94. The maximum Gasteiger partial charge on any atom is 0.251 e. The Morgan fingerprint density at radius 1 is 1.38 bits per heavy atom. The summed E-state index contributed by atoms with van der Waals surface area (Å²) in [6.45, 7) is 4.28. The van der Waals surface area contributed by atoms with Crippen molar-refractivity contribution in [1.29, 1.82) is 0 Å². The highest BCUT2D eigenvalue weighted by molar-refractivity contribution is 5.76. The molecule has 0 aromatic carbocycles. The van der Waals surface area contributed by atoms with E-state index in [-0.39, 0.29) is 12.5 Å². The average Bonchev–Trinajstić information content (AvgIpc) is 2.76. The summed E-state index contributed by atoms with van der Waals surface area (Å²) in [7, 11) is 0. The Bertz CT molecular complexity index is 218. The molecule has 5 heteroatoms. The van der Waals surface area contributed by atoms with Crippen LogP contribution < -0.4 is 0 Å². The van der Waals surface area contributed by atoms with Crippen LogP contribution in [0.4, 0.5) is 8.78 Å². The summed E-state index contributed by atoms with van der Waals surface area (Å²) in [5.74, 6) is 0.102. The second-order valence-corrected chi connectivity index (χ2v) is 4.12. The van der Waals surface area contributed by atoms with Crippen LogP contribution in [0.2, 0.25) is 0 Å². The Balaban J connectivity index is 2.23. The number of likely N-dealkylation sites (tertiary alicyclic amines) is 1. The second kappa shape index (κ2) is 6.78. The van der Waals surface area contributed by atoms with E-state index in [1.807, 2.05) is 11.8 Å². The predicted molar refractivity (Wildman–Crippen MR) is 58.5 cm³/mol. The molecule has 0 aromatic heterocycles. The minimum atomic E-state index is -2.32. The molecule has 1 saturated heterocycles. The van der Waals surface area contributed by atoms with Crippen molar-refractivity contribution in [3.05, 3.63) is 0 Å². The van der Waals surface area contributed by atoms with Crippen LogP contribution in [0.5, 0.6) is 0 Å². The molecule has 0 aliphatic carbocycles. The quantitative estimate of drug-likeness (QED) is 0.696. The van der Waals surface area contributed by atoms with Crippen molar-refractivity contribution in [2.45, 2.75) is 32.6 Å². The first-order valence-corrected chi connectivity index (χ1v) is 5.91. The number of carbonyl (C=O) groups excluding carboxylic acids is 1. The first-order valence-electron chi connectivity index (χ1n) is 5.91. The van der Waals surface area contributed by atoms with Crippen molar-refractivity contribution in [3.8, 4) is 0 Å². The highest BCUT2D eigenvalue weighted by Gasteiger charge is 2.19. The van der Waals surface area contributed by atoms with E-state index >= 15 is 0 Å². The van der Waals surface area contributed by atoms with Gasteiger partial charge >= 0.3 is 0 Å². The molecule has 0 bridgehead atoms. The van der Waals surface area contributed by atoms with Gasteiger partial charge < -0.3 is 4.90 Å². The van der Waals surface area contributed by atoms with Crippen molar-refractivity contribution >= 4 is 5.91 Å². The minimum absolute atomic E-state index is 0.102. The zero-order valence-electron chi connectivity index (χ0n) is 9.79. The SMILES string of the molecule is CCN(CCC(=O)N1CCCC1)CC(F)F. The molecule has 0 unspecified atom stereocenters. The van der Waals surface area contributed by atoms with Gasteiger partial charge in [0.15, 0.2) is 0 Å². The van der Waals surface area contributed by atoms with Crippen molar-refractivity contribution in [2.75, 3.05) is 32.7 Å². The van der Waals surface area contributed by atoms with Crippen LogP contribution in [0.25, 0.3) is 0 Å². The molecular formula is C11H20F2N2O. The molecule has 16 heavy (non-hydrogen) atoms. The Labute approximate surface area is 95.4 Å². The van der Waals surface area contributed by atoms with Gasteiger partial charge in [-0.15, -0.1) is 0 Å². The second-order valence-electron chi connectivity index (χ2n) is 4.12. The van der Waals surface area contributed by atoms with Crippen molar-refractivity contribution in [1.82, 2.24) is 9.80 Å². The van der Waals surface area contributed by atoms with Gasteiger partial charge in [0.25, 0.3) is 6.43 Å². The zero-order chi connectivity index (χ0) is 12.0. The number of halogens is 2. The Kier molecular flexibility index (Phi) is 5.66. The molecule has 94 valence electrons. The zero-order valence-corrected chi connectivity index (χ0v) is 9.79. The van der Waals surface area contributed by atoms with Gasteiger partial charge in [0.05, 0.1) is 6.54 Å². The summed E-state index contributed by atoms with van der Waals surface area (Å²) >= 11 is 0. The topological polar surface area (TPSA) is 23.6 Å². The van der Waals surface area contributed by atoms with Crippen LogP contribution in [0.3, 0.4) is 0 Å². The maximum absolute atomic E-state index is 12.2. The number of nitrogens with zero attached hydrogens (tertiary/aromatic N) is 2. The molecule has 1 rings (SSSR count). The first kappa shape index (κ1) is 13.4. The third-order valence-corrected chi connectivity index (χ3v) is 2.94. The molecule has 1 aliphatic heterocycles. The number of rotatable bonds is 6. The fraction of sp³-hybridized carbons (Fsp3) is 0.909. The largest absolute Gasteiger partial charge is 0.343 e. The van der Waals surface area contributed by atoms with Crippen LogP contribution in [0, 0.1) is 0 Å². The van der Waals surface area contributed by atoms with Crippen molar-refractivity contribution in [2.24, 2.45) is 0 Å². The fourth-order valence-electron chi connectivity index (χ4n) is 1.95. The molecule has 1 aliphatic rings. The molecule has 0 aromatic rings. The normalized spacial score (nSPS) is 16.4. The monoisotopic (exact) mass is 234 g/mol. The van der Waals surface area contributed by atoms with Crippen LogP contribution in [0.1, 0.15) is 26.2 Å². The molecule has 0 atom stereocenters. The predicted octanol–water partition coefficient (Wildman–Crippen LogP) is 1.59. The van der Waals surface area contributed by atoms with Crippen LogP contribution in [0.15, 0.2) is 0 Å². The Morgan fingerprint density at radius 2 is 2.00 bits per heavy atom. The maximum atomic E-state index is 12.2. The molecule has 0 saturated carbocycles. The fourth-order valence-corrected chi connectivity index (χ4v) is 1.95. The molecule has 1 amide bonds. The summed E-state index contributed by atoms with van der Waals surface area (Å²) in [6.07, 6.45) is 0.183. The van der Waals surface area contributed by atoms with E-state index in [0.717, 1.165) is 25.9 Å². The molecule has 3 nitrogen and oxygen atoms in total. The Hall–Kier alpha value is -0.710. The molecule has 1 heterocycles. The summed E-state index contributed by atoms with van der Waals surface area (Å²) in [6, 6.07) is 0. The van der Waals surface area contributed by atoms with Gasteiger partial charge in [-0.2, -0.15) is 0 Å². The lowest BCUT2D eigenvalue weighted by atomic mass is 10.3. The Morgan fingerprint density at radius 3 is 2.50 bits per heavy atom. The number of amides is 1. The minimum Gasteiger partial charge on any atom is -0.343 e. The lowest BCUT2D eigenvalue weighted by Crippen LogP contribution is -2.34. The molecular weight excluding hydrogens is 214 g/mol. The molecule has 0 radical (unpaired) electrons. The van der Waals surface area contributed by atoms with Gasteiger partial charge in [-0.25, -0.2) is 8.78 Å². The van der Waals surface area contributed by atoms with Gasteiger partial charge in [-0.1, -0.05) is 6.92 Å². The summed E-state index contributed by atoms with van der Waals surface area (Å²) in [5.41, 5.74) is 0. The summed E-state index contributed by atoms with van der Waals surface area (Å²) in [5, 5.41) is 0. The van der Waals surface area contributed by atoms with Gasteiger partial charge in [-0.3, -0.25) is 9.69 Å². The third kappa shape index (κ3) is 4.43.